The summed E-state index contributed by atoms with van der Waals surface area (Å²) >= 11 is 0. The number of rotatable bonds is 3. The number of amides is 2. The van der Waals surface area contributed by atoms with Crippen LogP contribution in [0, 0.1) is 13.8 Å². The summed E-state index contributed by atoms with van der Waals surface area (Å²) in [6, 6.07) is 10.9. The summed E-state index contributed by atoms with van der Waals surface area (Å²) < 4.78 is 0. The standard InChI is InChI=1S/C18H20N4O2/c1-10-4-5-11(2)15(6-10)12-7-13(16(23)21-3)9-14(8-12)17(24)22-18(19)20/h4-9H,1-3H3,(H,21,23)(H4,19,20,22,24). The van der Waals surface area contributed by atoms with Gasteiger partial charge in [0.15, 0.2) is 5.96 Å². The summed E-state index contributed by atoms with van der Waals surface area (Å²) in [5, 5.41) is 2.56. The molecule has 0 unspecified atom stereocenters. The molecule has 6 heteroatoms. The number of nitrogens with two attached hydrogens (primary N) is 2. The summed E-state index contributed by atoms with van der Waals surface area (Å²) in [5.74, 6) is -1.20. The molecule has 0 aliphatic heterocycles. The maximum atomic E-state index is 12.2. The van der Waals surface area contributed by atoms with Crippen LogP contribution in [-0.4, -0.2) is 24.8 Å². The van der Waals surface area contributed by atoms with Gasteiger partial charge in [-0.25, -0.2) is 0 Å². The first-order valence-electron chi connectivity index (χ1n) is 7.40. The van der Waals surface area contributed by atoms with E-state index in [1.165, 1.54) is 13.1 Å². The Labute approximate surface area is 140 Å². The number of carbonyl (C=O) groups is 2. The first-order chi connectivity index (χ1) is 11.3. The van der Waals surface area contributed by atoms with Gasteiger partial charge < -0.3 is 16.8 Å². The molecule has 0 radical (unpaired) electrons. The van der Waals surface area contributed by atoms with Crippen LogP contribution < -0.4 is 16.8 Å². The second-order valence-corrected chi connectivity index (χ2v) is 5.54. The molecular formula is C18H20N4O2. The maximum absolute atomic E-state index is 12.2. The minimum Gasteiger partial charge on any atom is -0.370 e. The van der Waals surface area contributed by atoms with Gasteiger partial charge in [0.05, 0.1) is 0 Å². The molecule has 2 amide bonds. The molecule has 0 fully saturated rings. The minimum absolute atomic E-state index is 0.250. The first kappa shape index (κ1) is 17.2. The highest BCUT2D eigenvalue weighted by molar-refractivity contribution is 6.05. The lowest BCUT2D eigenvalue weighted by Gasteiger charge is -2.11. The summed E-state index contributed by atoms with van der Waals surface area (Å²) in [7, 11) is 1.53. The van der Waals surface area contributed by atoms with Gasteiger partial charge in [-0.05, 0) is 48.7 Å². The highest BCUT2D eigenvalue weighted by Gasteiger charge is 2.14. The SMILES string of the molecule is CNC(=O)c1cc(C(=O)N=C(N)N)cc(-c2cc(C)ccc2C)c1. The van der Waals surface area contributed by atoms with Gasteiger partial charge in [-0.15, -0.1) is 0 Å². The Kier molecular flexibility index (Phi) is 4.99. The molecule has 2 aromatic rings. The van der Waals surface area contributed by atoms with E-state index < -0.39 is 5.91 Å². The maximum Gasteiger partial charge on any atom is 0.280 e. The van der Waals surface area contributed by atoms with Crippen molar-refractivity contribution in [3.63, 3.8) is 0 Å². The molecule has 2 rings (SSSR count). The van der Waals surface area contributed by atoms with Crippen molar-refractivity contribution >= 4 is 17.8 Å². The normalized spacial score (nSPS) is 10.1. The summed E-state index contributed by atoms with van der Waals surface area (Å²) in [6.07, 6.45) is 0. The van der Waals surface area contributed by atoms with Gasteiger partial charge >= 0.3 is 0 Å². The number of aryl methyl sites for hydroxylation is 2. The van der Waals surface area contributed by atoms with Crippen molar-refractivity contribution in [3.8, 4) is 11.1 Å². The molecule has 6 nitrogen and oxygen atoms in total. The minimum atomic E-state index is -0.590. The number of aliphatic imine (C=N–C) groups is 1. The number of benzene rings is 2. The number of guanidine groups is 1. The topological polar surface area (TPSA) is 111 Å². The highest BCUT2D eigenvalue weighted by Crippen LogP contribution is 2.27. The first-order valence-corrected chi connectivity index (χ1v) is 7.40. The molecule has 24 heavy (non-hydrogen) atoms. The average Bonchev–Trinajstić information content (AvgIpc) is 2.55. The van der Waals surface area contributed by atoms with Crippen LogP contribution in [0.3, 0.4) is 0 Å². The molecule has 0 spiro atoms. The smallest absolute Gasteiger partial charge is 0.280 e. The third kappa shape index (κ3) is 3.78. The van der Waals surface area contributed by atoms with Gasteiger partial charge in [0, 0.05) is 18.2 Å². The summed E-state index contributed by atoms with van der Waals surface area (Å²) in [4.78, 5) is 27.8. The van der Waals surface area contributed by atoms with Crippen molar-refractivity contribution in [2.75, 3.05) is 7.05 Å². The van der Waals surface area contributed by atoms with Gasteiger partial charge in [0.2, 0.25) is 0 Å². The second kappa shape index (κ2) is 6.95. The van der Waals surface area contributed by atoms with Crippen molar-refractivity contribution < 1.29 is 9.59 Å². The summed E-state index contributed by atoms with van der Waals surface area (Å²) in [6.45, 7) is 3.95. The highest BCUT2D eigenvalue weighted by atomic mass is 16.2. The van der Waals surface area contributed by atoms with E-state index in [1.807, 2.05) is 32.0 Å². The summed E-state index contributed by atoms with van der Waals surface area (Å²) in [5.41, 5.74) is 15.0. The molecule has 124 valence electrons. The Morgan fingerprint density at radius 1 is 1.00 bits per heavy atom. The third-order valence-corrected chi connectivity index (χ3v) is 3.60. The van der Waals surface area contributed by atoms with E-state index in [9.17, 15) is 9.59 Å². The lowest BCUT2D eigenvalue weighted by Crippen LogP contribution is -2.24. The van der Waals surface area contributed by atoms with Gasteiger partial charge in [-0.1, -0.05) is 23.8 Å². The van der Waals surface area contributed by atoms with Crippen molar-refractivity contribution in [3.05, 3.63) is 58.7 Å². The van der Waals surface area contributed by atoms with Crippen molar-refractivity contribution in [2.45, 2.75) is 13.8 Å². The Hall–Kier alpha value is -3.15. The predicted octanol–water partition coefficient (Wildman–Crippen LogP) is 1.74. The zero-order valence-electron chi connectivity index (χ0n) is 13.9. The van der Waals surface area contributed by atoms with E-state index in [4.69, 9.17) is 11.5 Å². The van der Waals surface area contributed by atoms with Gasteiger partial charge in [0.25, 0.3) is 11.8 Å². The number of hydrogen-bond acceptors (Lipinski definition) is 2. The van der Waals surface area contributed by atoms with Crippen molar-refractivity contribution in [1.29, 1.82) is 0 Å². The zero-order valence-corrected chi connectivity index (χ0v) is 13.9. The monoisotopic (exact) mass is 324 g/mol. The Bertz CT molecular complexity index is 837. The Morgan fingerprint density at radius 3 is 2.29 bits per heavy atom. The van der Waals surface area contributed by atoms with Gasteiger partial charge in [-0.2, -0.15) is 4.99 Å². The predicted molar refractivity (Wildman–Crippen MR) is 94.9 cm³/mol. The van der Waals surface area contributed by atoms with E-state index in [0.717, 1.165) is 22.3 Å². The second-order valence-electron chi connectivity index (χ2n) is 5.54. The Balaban J connectivity index is 2.67. The molecule has 0 aliphatic rings. The van der Waals surface area contributed by atoms with Crippen LogP contribution >= 0.6 is 0 Å². The molecule has 0 aromatic heterocycles. The fraction of sp³-hybridized carbons (Fsp3) is 0.167. The number of nitrogens with one attached hydrogen (secondary N) is 1. The van der Waals surface area contributed by atoms with Crippen LogP contribution in [0.2, 0.25) is 0 Å². The fourth-order valence-electron chi connectivity index (χ4n) is 2.41. The zero-order chi connectivity index (χ0) is 17.9. The molecule has 2 aromatic carbocycles. The number of nitrogens with zero attached hydrogens (tertiary/aromatic N) is 1. The van der Waals surface area contributed by atoms with Crippen LogP contribution in [0.4, 0.5) is 0 Å². The molecular weight excluding hydrogens is 304 g/mol. The van der Waals surface area contributed by atoms with Crippen LogP contribution in [0.15, 0.2) is 41.4 Å². The van der Waals surface area contributed by atoms with Gasteiger partial charge in [-0.3, -0.25) is 9.59 Å². The van der Waals surface area contributed by atoms with E-state index in [0.29, 0.717) is 5.56 Å². The molecule has 0 heterocycles. The van der Waals surface area contributed by atoms with E-state index in [1.54, 1.807) is 12.1 Å². The molecule has 0 saturated carbocycles. The van der Waals surface area contributed by atoms with Crippen LogP contribution in [0.25, 0.3) is 11.1 Å². The Morgan fingerprint density at radius 2 is 1.67 bits per heavy atom. The largest absolute Gasteiger partial charge is 0.370 e. The van der Waals surface area contributed by atoms with Crippen LogP contribution in [0.5, 0.6) is 0 Å². The molecule has 0 aliphatic carbocycles. The van der Waals surface area contributed by atoms with Gasteiger partial charge in [0.1, 0.15) is 0 Å². The molecule has 0 atom stereocenters. The van der Waals surface area contributed by atoms with Crippen LogP contribution in [0.1, 0.15) is 31.8 Å². The van der Waals surface area contributed by atoms with Crippen molar-refractivity contribution in [1.82, 2.24) is 5.32 Å². The number of hydrogen-bond donors (Lipinski definition) is 3. The lowest BCUT2D eigenvalue weighted by molar-refractivity contribution is 0.0963. The van der Waals surface area contributed by atoms with E-state index in [-0.39, 0.29) is 17.4 Å². The van der Waals surface area contributed by atoms with Crippen molar-refractivity contribution in [2.24, 2.45) is 16.5 Å². The molecule has 5 N–H and O–H groups in total. The quantitative estimate of drug-likeness (QED) is 0.590. The van der Waals surface area contributed by atoms with E-state index >= 15 is 0 Å². The molecule has 0 bridgehead atoms. The van der Waals surface area contributed by atoms with E-state index in [2.05, 4.69) is 10.3 Å². The lowest BCUT2D eigenvalue weighted by atomic mass is 9.94. The number of carbonyl (C=O) groups excluding carboxylic acids is 2. The fourth-order valence-corrected chi connectivity index (χ4v) is 2.41. The average molecular weight is 324 g/mol. The molecule has 0 saturated heterocycles. The third-order valence-electron chi connectivity index (χ3n) is 3.60. The van der Waals surface area contributed by atoms with Crippen LogP contribution in [-0.2, 0) is 0 Å².